The molecule has 2 heteroatoms. The van der Waals surface area contributed by atoms with Crippen LogP contribution >= 0.6 is 0 Å². The van der Waals surface area contributed by atoms with Gasteiger partial charge in [0.1, 0.15) is 0 Å². The molecule has 0 saturated carbocycles. The van der Waals surface area contributed by atoms with Crippen LogP contribution in [-0.4, -0.2) is 36.8 Å². The smallest absolute Gasteiger partial charge is 0.0443 e. The standard InChI is InChI=1S/C9H21NO/c1-4-9(2)8-10(3)6-5-7-11/h9,11H,4-8H2,1-3H3. The zero-order valence-electron chi connectivity index (χ0n) is 8.01. The van der Waals surface area contributed by atoms with E-state index in [4.69, 9.17) is 5.11 Å². The van der Waals surface area contributed by atoms with Crippen LogP contribution in [0, 0.1) is 5.92 Å². The highest BCUT2D eigenvalue weighted by Crippen LogP contribution is 2.02. The van der Waals surface area contributed by atoms with E-state index in [1.807, 2.05) is 0 Å². The normalized spacial score (nSPS) is 13.9. The summed E-state index contributed by atoms with van der Waals surface area (Å²) in [5, 5.41) is 8.58. The van der Waals surface area contributed by atoms with Crippen molar-refractivity contribution in [1.82, 2.24) is 4.90 Å². The molecule has 11 heavy (non-hydrogen) atoms. The van der Waals surface area contributed by atoms with E-state index >= 15 is 0 Å². The highest BCUT2D eigenvalue weighted by molar-refractivity contribution is 4.56. The van der Waals surface area contributed by atoms with E-state index in [0.29, 0.717) is 6.61 Å². The maximum Gasteiger partial charge on any atom is 0.0443 e. The average Bonchev–Trinajstić information content (AvgIpc) is 2.00. The Morgan fingerprint density at radius 2 is 2.09 bits per heavy atom. The summed E-state index contributed by atoms with van der Waals surface area (Å²) < 4.78 is 0. The first-order valence-electron chi connectivity index (χ1n) is 4.50. The molecular formula is C9H21NO. The van der Waals surface area contributed by atoms with Crippen LogP contribution in [0.25, 0.3) is 0 Å². The molecule has 0 aromatic carbocycles. The molecule has 1 unspecified atom stereocenters. The molecule has 1 atom stereocenters. The molecule has 0 spiro atoms. The third-order valence-corrected chi connectivity index (χ3v) is 2.02. The van der Waals surface area contributed by atoms with Gasteiger partial charge in [0, 0.05) is 19.7 Å². The van der Waals surface area contributed by atoms with E-state index in [-0.39, 0.29) is 0 Å². The summed E-state index contributed by atoms with van der Waals surface area (Å²) in [6.45, 7) is 6.95. The molecule has 1 N–H and O–H groups in total. The lowest BCUT2D eigenvalue weighted by Crippen LogP contribution is -2.25. The summed E-state index contributed by atoms with van der Waals surface area (Å²) in [5.41, 5.74) is 0. The molecule has 0 saturated heterocycles. The van der Waals surface area contributed by atoms with Crippen molar-refractivity contribution in [2.45, 2.75) is 26.7 Å². The number of hydrogen-bond acceptors (Lipinski definition) is 2. The van der Waals surface area contributed by atoms with Crippen LogP contribution in [0.1, 0.15) is 26.7 Å². The van der Waals surface area contributed by atoms with Crippen LogP contribution in [0.4, 0.5) is 0 Å². The fourth-order valence-electron chi connectivity index (χ4n) is 1.09. The third-order valence-electron chi connectivity index (χ3n) is 2.02. The van der Waals surface area contributed by atoms with Crippen molar-refractivity contribution in [2.24, 2.45) is 5.92 Å². The quantitative estimate of drug-likeness (QED) is 0.632. The Bertz CT molecular complexity index is 85.6. The molecule has 0 aromatic heterocycles. The molecule has 0 aliphatic heterocycles. The highest BCUT2D eigenvalue weighted by Gasteiger charge is 2.02. The first kappa shape index (κ1) is 10.9. The zero-order valence-corrected chi connectivity index (χ0v) is 8.01. The molecule has 0 amide bonds. The Morgan fingerprint density at radius 3 is 2.55 bits per heavy atom. The summed E-state index contributed by atoms with van der Waals surface area (Å²) in [4.78, 5) is 2.28. The fourth-order valence-corrected chi connectivity index (χ4v) is 1.09. The lowest BCUT2D eigenvalue weighted by atomic mass is 10.1. The number of nitrogens with zero attached hydrogens (tertiary/aromatic N) is 1. The van der Waals surface area contributed by atoms with E-state index in [9.17, 15) is 0 Å². The molecule has 0 radical (unpaired) electrons. The minimum Gasteiger partial charge on any atom is -0.396 e. The average molecular weight is 159 g/mol. The van der Waals surface area contributed by atoms with Gasteiger partial charge in [0.05, 0.1) is 0 Å². The molecule has 2 nitrogen and oxygen atoms in total. The number of aliphatic hydroxyl groups is 1. The predicted molar refractivity (Wildman–Crippen MR) is 48.7 cm³/mol. The van der Waals surface area contributed by atoms with Gasteiger partial charge in [-0.15, -0.1) is 0 Å². The summed E-state index contributed by atoms with van der Waals surface area (Å²) in [7, 11) is 2.11. The SMILES string of the molecule is CCC(C)CN(C)CCCO. The first-order valence-corrected chi connectivity index (χ1v) is 4.50. The minimum absolute atomic E-state index is 0.310. The van der Waals surface area contributed by atoms with Crippen molar-refractivity contribution in [3.05, 3.63) is 0 Å². The lowest BCUT2D eigenvalue weighted by molar-refractivity contribution is 0.231. The summed E-state index contributed by atoms with van der Waals surface area (Å²) >= 11 is 0. The maximum absolute atomic E-state index is 8.58. The molecule has 68 valence electrons. The van der Waals surface area contributed by atoms with Gasteiger partial charge in [-0.05, 0) is 19.4 Å². The summed E-state index contributed by atoms with van der Waals surface area (Å²) in [6, 6.07) is 0. The lowest BCUT2D eigenvalue weighted by Gasteiger charge is -2.19. The van der Waals surface area contributed by atoms with Crippen molar-refractivity contribution in [1.29, 1.82) is 0 Å². The van der Waals surface area contributed by atoms with Crippen molar-refractivity contribution in [2.75, 3.05) is 26.7 Å². The van der Waals surface area contributed by atoms with E-state index in [1.54, 1.807) is 0 Å². The van der Waals surface area contributed by atoms with Crippen LogP contribution in [0.2, 0.25) is 0 Å². The van der Waals surface area contributed by atoms with Crippen molar-refractivity contribution >= 4 is 0 Å². The van der Waals surface area contributed by atoms with Gasteiger partial charge in [-0.3, -0.25) is 0 Å². The molecule has 0 rings (SSSR count). The van der Waals surface area contributed by atoms with Gasteiger partial charge in [-0.2, -0.15) is 0 Å². The number of aliphatic hydroxyl groups excluding tert-OH is 1. The van der Waals surface area contributed by atoms with Crippen LogP contribution in [0.15, 0.2) is 0 Å². The predicted octanol–water partition coefficient (Wildman–Crippen LogP) is 1.35. The Morgan fingerprint density at radius 1 is 1.45 bits per heavy atom. The monoisotopic (exact) mass is 159 g/mol. The molecule has 0 aromatic rings. The minimum atomic E-state index is 0.310. The van der Waals surface area contributed by atoms with Crippen LogP contribution < -0.4 is 0 Å². The van der Waals surface area contributed by atoms with Crippen molar-refractivity contribution in [3.63, 3.8) is 0 Å². The Labute approximate surface area is 70.2 Å². The molecule has 0 aliphatic rings. The van der Waals surface area contributed by atoms with Crippen LogP contribution in [0.5, 0.6) is 0 Å². The van der Waals surface area contributed by atoms with Gasteiger partial charge in [0.15, 0.2) is 0 Å². The van der Waals surface area contributed by atoms with Crippen molar-refractivity contribution < 1.29 is 5.11 Å². The maximum atomic E-state index is 8.58. The topological polar surface area (TPSA) is 23.5 Å². The van der Waals surface area contributed by atoms with Gasteiger partial charge >= 0.3 is 0 Å². The van der Waals surface area contributed by atoms with Gasteiger partial charge in [-0.1, -0.05) is 20.3 Å². The van der Waals surface area contributed by atoms with Gasteiger partial charge in [0.2, 0.25) is 0 Å². The number of rotatable bonds is 6. The Kier molecular flexibility index (Phi) is 6.57. The summed E-state index contributed by atoms with van der Waals surface area (Å²) in [5.74, 6) is 0.777. The molecular weight excluding hydrogens is 138 g/mol. The van der Waals surface area contributed by atoms with Crippen LogP contribution in [0.3, 0.4) is 0 Å². The summed E-state index contributed by atoms with van der Waals surface area (Å²) in [6.07, 6.45) is 2.14. The van der Waals surface area contributed by atoms with E-state index < -0.39 is 0 Å². The van der Waals surface area contributed by atoms with E-state index in [0.717, 1.165) is 25.4 Å². The van der Waals surface area contributed by atoms with Gasteiger partial charge < -0.3 is 10.0 Å². The molecule has 0 fully saturated rings. The first-order chi connectivity index (χ1) is 5.20. The van der Waals surface area contributed by atoms with E-state index in [1.165, 1.54) is 6.42 Å². The Balaban J connectivity index is 3.27. The second-order valence-electron chi connectivity index (χ2n) is 3.35. The third kappa shape index (κ3) is 6.32. The Hall–Kier alpha value is -0.0800. The zero-order chi connectivity index (χ0) is 8.69. The van der Waals surface area contributed by atoms with Crippen LogP contribution in [-0.2, 0) is 0 Å². The second kappa shape index (κ2) is 6.62. The highest BCUT2D eigenvalue weighted by atomic mass is 16.3. The van der Waals surface area contributed by atoms with Gasteiger partial charge in [-0.25, -0.2) is 0 Å². The second-order valence-corrected chi connectivity index (χ2v) is 3.35. The van der Waals surface area contributed by atoms with Gasteiger partial charge in [0.25, 0.3) is 0 Å². The number of hydrogen-bond donors (Lipinski definition) is 1. The largest absolute Gasteiger partial charge is 0.396 e. The van der Waals surface area contributed by atoms with Crippen molar-refractivity contribution in [3.8, 4) is 0 Å². The molecule has 0 aliphatic carbocycles. The molecule has 0 bridgehead atoms. The molecule has 0 heterocycles. The fraction of sp³-hybridized carbons (Fsp3) is 1.00. The van der Waals surface area contributed by atoms with E-state index in [2.05, 4.69) is 25.8 Å².